The smallest absolute Gasteiger partial charge is 0.159 e. The van der Waals surface area contributed by atoms with Crippen molar-refractivity contribution in [3.63, 3.8) is 0 Å². The van der Waals surface area contributed by atoms with Crippen molar-refractivity contribution in [2.45, 2.75) is 53.1 Å². The molecule has 2 nitrogen and oxygen atoms in total. The second-order valence-corrected chi connectivity index (χ2v) is 6.56. The van der Waals surface area contributed by atoms with Gasteiger partial charge in [0.2, 0.25) is 0 Å². The number of hydrogen-bond donors (Lipinski definition) is 0. The number of rotatable bonds is 4. The number of carbonyl (C=O) groups is 1. The minimum atomic E-state index is 0.0999. The van der Waals surface area contributed by atoms with Gasteiger partial charge in [-0.2, -0.15) is 0 Å². The van der Waals surface area contributed by atoms with Gasteiger partial charge in [-0.15, -0.1) is 0 Å². The summed E-state index contributed by atoms with van der Waals surface area (Å²) in [7, 11) is 0. The van der Waals surface area contributed by atoms with Gasteiger partial charge in [-0.3, -0.25) is 4.79 Å². The van der Waals surface area contributed by atoms with E-state index in [9.17, 15) is 4.79 Å². The van der Waals surface area contributed by atoms with Crippen molar-refractivity contribution in [3.8, 4) is 5.75 Å². The molecule has 0 aliphatic heterocycles. The third-order valence-electron chi connectivity index (χ3n) is 4.51. The highest BCUT2D eigenvalue weighted by Gasteiger charge is 2.32. The molecular formula is C18H26O2. The third kappa shape index (κ3) is 3.62. The van der Waals surface area contributed by atoms with Gasteiger partial charge in [0.1, 0.15) is 11.9 Å². The van der Waals surface area contributed by atoms with Crippen molar-refractivity contribution in [1.82, 2.24) is 0 Å². The van der Waals surface area contributed by atoms with Crippen LogP contribution in [0.3, 0.4) is 0 Å². The van der Waals surface area contributed by atoms with Crippen LogP contribution in [-0.4, -0.2) is 11.9 Å². The van der Waals surface area contributed by atoms with E-state index in [1.54, 1.807) is 6.92 Å². The normalized spacial score (nSPS) is 26.6. The lowest BCUT2D eigenvalue weighted by Gasteiger charge is -2.37. The van der Waals surface area contributed by atoms with Crippen molar-refractivity contribution < 1.29 is 9.53 Å². The summed E-state index contributed by atoms with van der Waals surface area (Å²) in [6.07, 6.45) is 4.01. The fourth-order valence-electron chi connectivity index (χ4n) is 3.19. The Morgan fingerprint density at radius 3 is 2.40 bits per heavy atom. The van der Waals surface area contributed by atoms with Crippen molar-refractivity contribution in [1.29, 1.82) is 0 Å². The molecule has 2 rings (SSSR count). The number of Topliss-reactive ketones (excluding diaryl/α,β-unsaturated/α-hetero) is 1. The molecule has 0 radical (unpaired) electrons. The Hall–Kier alpha value is -1.31. The molecule has 0 N–H and O–H groups in total. The fourth-order valence-corrected chi connectivity index (χ4v) is 3.19. The first-order valence-corrected chi connectivity index (χ1v) is 7.75. The molecule has 2 heteroatoms. The van der Waals surface area contributed by atoms with Gasteiger partial charge in [0, 0.05) is 5.56 Å². The average Bonchev–Trinajstić information content (AvgIpc) is 2.39. The van der Waals surface area contributed by atoms with Crippen LogP contribution in [0.5, 0.6) is 5.75 Å². The molecule has 3 atom stereocenters. The highest BCUT2D eigenvalue weighted by atomic mass is 16.5. The molecule has 1 aliphatic rings. The predicted molar refractivity (Wildman–Crippen MR) is 82.2 cm³/mol. The van der Waals surface area contributed by atoms with E-state index in [1.165, 1.54) is 12.8 Å². The Kier molecular flexibility index (Phi) is 4.85. The topological polar surface area (TPSA) is 26.3 Å². The zero-order valence-corrected chi connectivity index (χ0v) is 13.1. The van der Waals surface area contributed by atoms with Crippen LogP contribution in [0, 0.1) is 17.8 Å². The van der Waals surface area contributed by atoms with Crippen LogP contribution in [0.25, 0.3) is 0 Å². The molecule has 0 saturated heterocycles. The van der Waals surface area contributed by atoms with Crippen molar-refractivity contribution >= 4 is 5.78 Å². The molecule has 1 saturated carbocycles. The molecule has 0 bridgehead atoms. The molecule has 1 aromatic rings. The van der Waals surface area contributed by atoms with Crippen LogP contribution >= 0.6 is 0 Å². The maximum Gasteiger partial charge on any atom is 0.159 e. The summed E-state index contributed by atoms with van der Waals surface area (Å²) in [6.45, 7) is 8.48. The summed E-state index contributed by atoms with van der Waals surface area (Å²) in [6, 6.07) is 7.56. The number of benzene rings is 1. The maximum atomic E-state index is 11.3. The molecular weight excluding hydrogens is 248 g/mol. The zero-order valence-electron chi connectivity index (χ0n) is 13.1. The van der Waals surface area contributed by atoms with Crippen LogP contribution in [-0.2, 0) is 0 Å². The molecule has 0 unspecified atom stereocenters. The van der Waals surface area contributed by atoms with E-state index in [0.717, 1.165) is 23.7 Å². The van der Waals surface area contributed by atoms with Gasteiger partial charge in [0.25, 0.3) is 0 Å². The van der Waals surface area contributed by atoms with E-state index in [2.05, 4.69) is 20.8 Å². The fraction of sp³-hybridized carbons (Fsp3) is 0.611. The summed E-state index contributed by atoms with van der Waals surface area (Å²) in [5.74, 6) is 3.02. The number of ketones is 1. The Labute approximate surface area is 122 Å². The molecule has 0 amide bonds. The van der Waals surface area contributed by atoms with Crippen molar-refractivity contribution in [2.75, 3.05) is 0 Å². The van der Waals surface area contributed by atoms with Gasteiger partial charge < -0.3 is 4.74 Å². The minimum absolute atomic E-state index is 0.0999. The van der Waals surface area contributed by atoms with E-state index in [4.69, 9.17) is 4.74 Å². The van der Waals surface area contributed by atoms with Crippen LogP contribution in [0.15, 0.2) is 24.3 Å². The summed E-state index contributed by atoms with van der Waals surface area (Å²) in [5, 5.41) is 0. The SMILES string of the molecule is CC(=O)c1ccc(O[C@@H]2C[C@@H](C)CC[C@@H]2C(C)C)cc1. The monoisotopic (exact) mass is 274 g/mol. The minimum Gasteiger partial charge on any atom is -0.490 e. The molecule has 1 fully saturated rings. The molecule has 1 aromatic carbocycles. The Balaban J connectivity index is 2.07. The van der Waals surface area contributed by atoms with E-state index in [-0.39, 0.29) is 5.78 Å². The summed E-state index contributed by atoms with van der Waals surface area (Å²) in [4.78, 5) is 11.3. The summed E-state index contributed by atoms with van der Waals surface area (Å²) in [5.41, 5.74) is 0.745. The molecule has 0 spiro atoms. The molecule has 1 aliphatic carbocycles. The van der Waals surface area contributed by atoms with Crippen molar-refractivity contribution in [2.24, 2.45) is 17.8 Å². The molecule has 0 aromatic heterocycles. The summed E-state index contributed by atoms with van der Waals surface area (Å²) >= 11 is 0. The summed E-state index contributed by atoms with van der Waals surface area (Å²) < 4.78 is 6.22. The van der Waals surface area contributed by atoms with Crippen molar-refractivity contribution in [3.05, 3.63) is 29.8 Å². The standard InChI is InChI=1S/C18H26O2/c1-12(2)17-10-5-13(3)11-18(17)20-16-8-6-15(7-9-16)14(4)19/h6-9,12-13,17-18H,5,10-11H2,1-4H3/t13-,17+,18+/m0/s1. The zero-order chi connectivity index (χ0) is 14.7. The quantitative estimate of drug-likeness (QED) is 0.742. The Morgan fingerprint density at radius 1 is 1.20 bits per heavy atom. The molecule has 110 valence electrons. The largest absolute Gasteiger partial charge is 0.490 e. The van der Waals surface area contributed by atoms with E-state index in [1.807, 2.05) is 24.3 Å². The second kappa shape index (κ2) is 6.43. The number of hydrogen-bond acceptors (Lipinski definition) is 2. The van der Waals surface area contributed by atoms with Gasteiger partial charge in [0.05, 0.1) is 0 Å². The van der Waals surface area contributed by atoms with E-state index < -0.39 is 0 Å². The highest BCUT2D eigenvalue weighted by Crippen LogP contribution is 2.35. The first kappa shape index (κ1) is 15.1. The van der Waals surface area contributed by atoms with Crippen LogP contribution in [0.1, 0.15) is 57.3 Å². The van der Waals surface area contributed by atoms with Gasteiger partial charge in [-0.05, 0) is 61.8 Å². The van der Waals surface area contributed by atoms with Gasteiger partial charge >= 0.3 is 0 Å². The first-order chi connectivity index (χ1) is 9.47. The Morgan fingerprint density at radius 2 is 1.85 bits per heavy atom. The lowest BCUT2D eigenvalue weighted by molar-refractivity contribution is 0.0460. The van der Waals surface area contributed by atoms with E-state index in [0.29, 0.717) is 17.9 Å². The van der Waals surface area contributed by atoms with E-state index >= 15 is 0 Å². The lowest BCUT2D eigenvalue weighted by atomic mass is 9.75. The molecule has 20 heavy (non-hydrogen) atoms. The molecule has 0 heterocycles. The lowest BCUT2D eigenvalue weighted by Crippen LogP contribution is -2.36. The van der Waals surface area contributed by atoms with Crippen LogP contribution < -0.4 is 4.74 Å². The first-order valence-electron chi connectivity index (χ1n) is 7.75. The van der Waals surface area contributed by atoms with Gasteiger partial charge in [-0.1, -0.05) is 27.2 Å². The third-order valence-corrected chi connectivity index (χ3v) is 4.51. The van der Waals surface area contributed by atoms with Crippen LogP contribution in [0.2, 0.25) is 0 Å². The number of carbonyl (C=O) groups excluding carboxylic acids is 1. The predicted octanol–water partition coefficient (Wildman–Crippen LogP) is 4.73. The second-order valence-electron chi connectivity index (χ2n) is 6.56. The number of ether oxygens (including phenoxy) is 1. The maximum absolute atomic E-state index is 11.3. The van der Waals surface area contributed by atoms with Gasteiger partial charge in [0.15, 0.2) is 5.78 Å². The average molecular weight is 274 g/mol. The van der Waals surface area contributed by atoms with Crippen LogP contribution in [0.4, 0.5) is 0 Å². The Bertz CT molecular complexity index is 447. The highest BCUT2D eigenvalue weighted by molar-refractivity contribution is 5.94. The van der Waals surface area contributed by atoms with Gasteiger partial charge in [-0.25, -0.2) is 0 Å².